The molecule has 1 aliphatic carbocycles. The highest BCUT2D eigenvalue weighted by atomic mass is 17.1. The summed E-state index contributed by atoms with van der Waals surface area (Å²) in [4.78, 5) is 4.19. The third-order valence-electron chi connectivity index (χ3n) is 1.70. The molecule has 0 aromatic carbocycles. The lowest BCUT2D eigenvalue weighted by atomic mass is 9.98. The Hall–Kier alpha value is -0.560. The quantitative estimate of drug-likeness (QED) is 0.359. The van der Waals surface area contributed by atoms with E-state index < -0.39 is 0 Å². The maximum absolute atomic E-state index is 8.19. The fraction of sp³-hybridized carbons (Fsp3) is 0.667. The average molecular weight is 156 g/mol. The minimum absolute atomic E-state index is 0.142. The minimum Gasteiger partial charge on any atom is -0.252 e. The Kier molecular flexibility index (Phi) is 7.16. The molecule has 11 heavy (non-hydrogen) atoms. The predicted octanol–water partition coefficient (Wildman–Crippen LogP) is 2.77. The van der Waals surface area contributed by atoms with Crippen molar-refractivity contribution in [3.63, 3.8) is 0 Å². The van der Waals surface area contributed by atoms with Gasteiger partial charge in [-0.25, -0.2) is 4.89 Å². The smallest absolute Gasteiger partial charge is 0.0927 e. The minimum atomic E-state index is 0.142. The van der Waals surface area contributed by atoms with E-state index in [0.29, 0.717) is 0 Å². The van der Waals surface area contributed by atoms with Crippen LogP contribution in [0.2, 0.25) is 0 Å². The molecule has 0 heterocycles. The van der Waals surface area contributed by atoms with E-state index in [1.807, 2.05) is 0 Å². The van der Waals surface area contributed by atoms with E-state index in [1.165, 1.54) is 19.3 Å². The van der Waals surface area contributed by atoms with Gasteiger partial charge >= 0.3 is 0 Å². The van der Waals surface area contributed by atoms with Crippen LogP contribution < -0.4 is 0 Å². The van der Waals surface area contributed by atoms with Gasteiger partial charge in [0.25, 0.3) is 0 Å². The second kappa shape index (κ2) is 7.55. The topological polar surface area (TPSA) is 29.5 Å². The van der Waals surface area contributed by atoms with Crippen molar-refractivity contribution in [2.45, 2.75) is 38.2 Å². The summed E-state index contributed by atoms with van der Waals surface area (Å²) < 4.78 is 0. The van der Waals surface area contributed by atoms with Crippen LogP contribution in [0.1, 0.15) is 32.1 Å². The van der Waals surface area contributed by atoms with Crippen LogP contribution in [0, 0.1) is 0 Å². The molecule has 0 saturated heterocycles. The summed E-state index contributed by atoms with van der Waals surface area (Å²) >= 11 is 0. The highest BCUT2D eigenvalue weighted by Crippen LogP contribution is 2.18. The molecule has 1 fully saturated rings. The maximum atomic E-state index is 8.19. The SMILES string of the molecule is C=C=C.OOC1CCCCC1. The first-order valence-electron chi connectivity index (χ1n) is 3.94. The molecule has 0 amide bonds. The van der Waals surface area contributed by atoms with Crippen molar-refractivity contribution in [2.24, 2.45) is 0 Å². The Morgan fingerprint density at radius 3 is 1.91 bits per heavy atom. The molecular formula is C9H16O2. The molecule has 0 spiro atoms. The zero-order valence-electron chi connectivity index (χ0n) is 6.88. The standard InChI is InChI=1S/C6H12O2.C3H4/c7-8-6-4-2-1-3-5-6;1-3-2/h6-7H,1-5H2;1-2H2. The second-order valence-corrected chi connectivity index (χ2v) is 2.62. The van der Waals surface area contributed by atoms with E-state index in [-0.39, 0.29) is 6.10 Å². The number of hydrogen-bond donors (Lipinski definition) is 1. The van der Waals surface area contributed by atoms with Gasteiger partial charge in [-0.2, -0.15) is 0 Å². The van der Waals surface area contributed by atoms with Gasteiger partial charge in [-0.3, -0.25) is 5.26 Å². The zero-order chi connectivity index (χ0) is 8.53. The number of rotatable bonds is 1. The Balaban J connectivity index is 0.000000292. The molecular weight excluding hydrogens is 140 g/mol. The summed E-state index contributed by atoms with van der Waals surface area (Å²) in [7, 11) is 0. The van der Waals surface area contributed by atoms with Gasteiger partial charge in [-0.1, -0.05) is 32.4 Å². The van der Waals surface area contributed by atoms with Crippen LogP contribution in [0.15, 0.2) is 18.9 Å². The van der Waals surface area contributed by atoms with Crippen LogP contribution in [-0.2, 0) is 4.89 Å². The summed E-state index contributed by atoms with van der Waals surface area (Å²) in [5.41, 5.74) is 2.25. The molecule has 1 N–H and O–H groups in total. The Morgan fingerprint density at radius 1 is 1.18 bits per heavy atom. The molecule has 2 heteroatoms. The van der Waals surface area contributed by atoms with E-state index in [2.05, 4.69) is 23.8 Å². The molecule has 0 aromatic heterocycles. The van der Waals surface area contributed by atoms with Crippen molar-refractivity contribution < 1.29 is 10.1 Å². The van der Waals surface area contributed by atoms with Gasteiger partial charge in [0.05, 0.1) is 6.10 Å². The monoisotopic (exact) mass is 156 g/mol. The first-order valence-corrected chi connectivity index (χ1v) is 3.94. The van der Waals surface area contributed by atoms with Gasteiger partial charge < -0.3 is 0 Å². The van der Waals surface area contributed by atoms with Crippen molar-refractivity contribution in [3.05, 3.63) is 18.9 Å². The zero-order valence-corrected chi connectivity index (χ0v) is 6.88. The lowest BCUT2D eigenvalue weighted by molar-refractivity contribution is -0.283. The van der Waals surface area contributed by atoms with Crippen molar-refractivity contribution in [3.8, 4) is 0 Å². The lowest BCUT2D eigenvalue weighted by Crippen LogP contribution is -2.14. The van der Waals surface area contributed by atoms with Crippen LogP contribution in [-0.4, -0.2) is 11.4 Å². The molecule has 0 aromatic rings. The van der Waals surface area contributed by atoms with Crippen molar-refractivity contribution in [2.75, 3.05) is 0 Å². The fourth-order valence-corrected chi connectivity index (χ4v) is 1.17. The summed E-state index contributed by atoms with van der Waals surface area (Å²) in [6, 6.07) is 0. The summed E-state index contributed by atoms with van der Waals surface area (Å²) in [5.74, 6) is 0. The molecule has 1 rings (SSSR count). The van der Waals surface area contributed by atoms with Gasteiger partial charge in [-0.15, -0.1) is 5.73 Å². The Bertz CT molecular complexity index is 109. The lowest BCUT2D eigenvalue weighted by Gasteiger charge is -2.17. The highest BCUT2D eigenvalue weighted by molar-refractivity contribution is 4.62. The van der Waals surface area contributed by atoms with E-state index in [4.69, 9.17) is 5.26 Å². The fourth-order valence-electron chi connectivity index (χ4n) is 1.17. The van der Waals surface area contributed by atoms with Crippen molar-refractivity contribution >= 4 is 0 Å². The third kappa shape index (κ3) is 5.86. The molecule has 0 bridgehead atoms. The molecule has 0 unspecified atom stereocenters. The Labute approximate surface area is 68.1 Å². The highest BCUT2D eigenvalue weighted by Gasteiger charge is 2.12. The average Bonchev–Trinajstić information content (AvgIpc) is 2.08. The van der Waals surface area contributed by atoms with Crippen LogP contribution in [0.5, 0.6) is 0 Å². The van der Waals surface area contributed by atoms with Crippen LogP contribution in [0.25, 0.3) is 0 Å². The summed E-state index contributed by atoms with van der Waals surface area (Å²) in [5, 5.41) is 8.19. The molecule has 2 nitrogen and oxygen atoms in total. The first-order chi connectivity index (χ1) is 5.35. The van der Waals surface area contributed by atoms with Crippen molar-refractivity contribution in [1.29, 1.82) is 0 Å². The summed E-state index contributed by atoms with van der Waals surface area (Å²) in [6.45, 7) is 6.25. The largest absolute Gasteiger partial charge is 0.252 e. The van der Waals surface area contributed by atoms with Crippen LogP contribution >= 0.6 is 0 Å². The molecule has 0 radical (unpaired) electrons. The van der Waals surface area contributed by atoms with Crippen LogP contribution in [0.4, 0.5) is 0 Å². The molecule has 64 valence electrons. The van der Waals surface area contributed by atoms with Gasteiger partial charge in [0.15, 0.2) is 0 Å². The van der Waals surface area contributed by atoms with Gasteiger partial charge in [-0.05, 0) is 12.8 Å². The van der Waals surface area contributed by atoms with Gasteiger partial charge in [0.1, 0.15) is 0 Å². The number of hydrogen-bond acceptors (Lipinski definition) is 2. The maximum Gasteiger partial charge on any atom is 0.0927 e. The van der Waals surface area contributed by atoms with Gasteiger partial charge in [0, 0.05) is 0 Å². The van der Waals surface area contributed by atoms with E-state index in [0.717, 1.165) is 12.8 Å². The molecule has 1 saturated carbocycles. The second-order valence-electron chi connectivity index (χ2n) is 2.62. The first kappa shape index (κ1) is 10.4. The van der Waals surface area contributed by atoms with Crippen molar-refractivity contribution in [1.82, 2.24) is 0 Å². The molecule has 1 aliphatic rings. The van der Waals surface area contributed by atoms with E-state index >= 15 is 0 Å². The summed E-state index contributed by atoms with van der Waals surface area (Å²) in [6.07, 6.45) is 5.95. The normalized spacial score (nSPS) is 17.9. The van der Waals surface area contributed by atoms with E-state index in [1.54, 1.807) is 0 Å². The molecule has 0 aliphatic heterocycles. The van der Waals surface area contributed by atoms with Gasteiger partial charge in [0.2, 0.25) is 0 Å². The third-order valence-corrected chi connectivity index (χ3v) is 1.70. The van der Waals surface area contributed by atoms with E-state index in [9.17, 15) is 0 Å². The Morgan fingerprint density at radius 2 is 1.64 bits per heavy atom. The molecule has 0 atom stereocenters. The predicted molar refractivity (Wildman–Crippen MR) is 45.4 cm³/mol. The van der Waals surface area contributed by atoms with Crippen LogP contribution in [0.3, 0.4) is 0 Å².